The Kier molecular flexibility index (Phi) is 4.04. The number of hydrogen-bond acceptors (Lipinski definition) is 3. The average Bonchev–Trinajstić information content (AvgIpc) is 2.81. The van der Waals surface area contributed by atoms with Crippen molar-refractivity contribution in [1.29, 1.82) is 0 Å². The van der Waals surface area contributed by atoms with E-state index >= 15 is 0 Å². The van der Waals surface area contributed by atoms with Gasteiger partial charge in [-0.3, -0.25) is 4.79 Å². The van der Waals surface area contributed by atoms with E-state index in [4.69, 9.17) is 28.3 Å². The SMILES string of the molecule is O=C(O)[C@@H]1CSCN1C(=O)c1cccc(Cl)c1Cl. The zero-order valence-electron chi connectivity index (χ0n) is 9.10. The van der Waals surface area contributed by atoms with Crippen LogP contribution in [-0.4, -0.2) is 39.6 Å². The molecule has 1 aliphatic rings. The molecule has 0 radical (unpaired) electrons. The van der Waals surface area contributed by atoms with E-state index in [1.165, 1.54) is 16.7 Å². The summed E-state index contributed by atoms with van der Waals surface area (Å²) < 4.78 is 0. The third-order valence-electron chi connectivity index (χ3n) is 2.61. The van der Waals surface area contributed by atoms with Crippen LogP contribution in [0.25, 0.3) is 0 Å². The molecule has 0 unspecified atom stereocenters. The van der Waals surface area contributed by atoms with Crippen LogP contribution in [0.2, 0.25) is 10.0 Å². The minimum absolute atomic E-state index is 0.158. The molecule has 1 aromatic rings. The van der Waals surface area contributed by atoms with E-state index in [2.05, 4.69) is 0 Å². The Bertz CT molecular complexity index is 509. The van der Waals surface area contributed by atoms with Gasteiger partial charge in [-0.1, -0.05) is 29.3 Å². The van der Waals surface area contributed by atoms with Crippen LogP contribution in [0.5, 0.6) is 0 Å². The Balaban J connectivity index is 2.31. The molecule has 4 nitrogen and oxygen atoms in total. The van der Waals surface area contributed by atoms with Gasteiger partial charge in [0, 0.05) is 5.75 Å². The number of halogens is 2. The molecule has 1 saturated heterocycles. The summed E-state index contributed by atoms with van der Waals surface area (Å²) in [5.74, 6) is -0.677. The normalized spacial score (nSPS) is 19.0. The Hall–Kier alpha value is -0.910. The van der Waals surface area contributed by atoms with Crippen LogP contribution in [-0.2, 0) is 4.79 Å². The number of carbonyl (C=O) groups excluding carboxylic acids is 1. The number of nitrogens with zero attached hydrogens (tertiary/aromatic N) is 1. The first-order valence-corrected chi connectivity index (χ1v) is 6.99. The monoisotopic (exact) mass is 305 g/mol. The largest absolute Gasteiger partial charge is 0.480 e. The van der Waals surface area contributed by atoms with Crippen molar-refractivity contribution in [1.82, 2.24) is 4.90 Å². The summed E-state index contributed by atoms with van der Waals surface area (Å²) in [4.78, 5) is 24.6. The minimum atomic E-state index is -1.01. The maximum atomic E-state index is 12.2. The summed E-state index contributed by atoms with van der Waals surface area (Å²) in [6.45, 7) is 0. The molecule has 1 fully saturated rings. The van der Waals surface area contributed by atoms with Crippen molar-refractivity contribution in [2.75, 3.05) is 11.6 Å². The van der Waals surface area contributed by atoms with Gasteiger partial charge in [0.05, 0.1) is 21.5 Å². The number of carboxylic acid groups (broad SMARTS) is 1. The van der Waals surface area contributed by atoms with Crippen molar-refractivity contribution in [3.05, 3.63) is 33.8 Å². The molecule has 1 atom stereocenters. The van der Waals surface area contributed by atoms with Crippen LogP contribution in [0, 0.1) is 0 Å². The van der Waals surface area contributed by atoms with Gasteiger partial charge < -0.3 is 10.0 Å². The molecule has 0 bridgehead atoms. The molecule has 7 heteroatoms. The van der Waals surface area contributed by atoms with Crippen LogP contribution >= 0.6 is 35.0 Å². The van der Waals surface area contributed by atoms with Crippen molar-refractivity contribution in [3.8, 4) is 0 Å². The number of carbonyl (C=O) groups is 2. The van der Waals surface area contributed by atoms with Gasteiger partial charge in [-0.05, 0) is 12.1 Å². The minimum Gasteiger partial charge on any atom is -0.480 e. The molecule has 0 aromatic heterocycles. The predicted octanol–water partition coefficient (Wildman–Crippen LogP) is 2.59. The van der Waals surface area contributed by atoms with Gasteiger partial charge in [0.2, 0.25) is 0 Å². The highest BCUT2D eigenvalue weighted by atomic mass is 35.5. The lowest BCUT2D eigenvalue weighted by Gasteiger charge is -2.21. The molecule has 1 aromatic carbocycles. The molecule has 1 amide bonds. The highest BCUT2D eigenvalue weighted by Gasteiger charge is 2.35. The standard InChI is InChI=1S/C11H9Cl2NO3S/c12-7-3-1-2-6(9(7)13)10(15)14-5-18-4-8(14)11(16)17/h1-3,8H,4-5H2,(H,16,17)/t8-/m0/s1. The predicted molar refractivity (Wildman–Crippen MR) is 71.4 cm³/mol. The zero-order valence-corrected chi connectivity index (χ0v) is 11.4. The molecule has 1 aliphatic heterocycles. The summed E-state index contributed by atoms with van der Waals surface area (Å²) in [5, 5.41) is 9.47. The molecule has 2 rings (SSSR count). The van der Waals surface area contributed by atoms with Crippen LogP contribution in [0.1, 0.15) is 10.4 Å². The first kappa shape index (κ1) is 13.5. The molecule has 18 heavy (non-hydrogen) atoms. The van der Waals surface area contributed by atoms with Crippen LogP contribution in [0.3, 0.4) is 0 Å². The number of benzene rings is 1. The maximum absolute atomic E-state index is 12.2. The first-order chi connectivity index (χ1) is 8.52. The number of amides is 1. The van der Waals surface area contributed by atoms with Crippen molar-refractivity contribution in [2.24, 2.45) is 0 Å². The van der Waals surface area contributed by atoms with Crippen molar-refractivity contribution >= 4 is 46.8 Å². The highest BCUT2D eigenvalue weighted by Crippen LogP contribution is 2.29. The number of carboxylic acids is 1. The molecule has 0 spiro atoms. The Morgan fingerprint density at radius 3 is 2.78 bits per heavy atom. The van der Waals surface area contributed by atoms with Gasteiger partial charge in [-0.2, -0.15) is 0 Å². The molecule has 1 N–H and O–H groups in total. The van der Waals surface area contributed by atoms with E-state index in [-0.39, 0.29) is 15.6 Å². The smallest absolute Gasteiger partial charge is 0.327 e. The average molecular weight is 306 g/mol. The Labute approximate surface area is 118 Å². The van der Waals surface area contributed by atoms with Gasteiger partial charge in [0.1, 0.15) is 6.04 Å². The topological polar surface area (TPSA) is 57.6 Å². The fourth-order valence-corrected chi connectivity index (χ4v) is 3.20. The van der Waals surface area contributed by atoms with Crippen molar-refractivity contribution < 1.29 is 14.7 Å². The van der Waals surface area contributed by atoms with Gasteiger partial charge in [0.25, 0.3) is 5.91 Å². The van der Waals surface area contributed by atoms with Crippen LogP contribution < -0.4 is 0 Å². The van der Waals surface area contributed by atoms with Crippen molar-refractivity contribution in [3.63, 3.8) is 0 Å². The number of thioether (sulfide) groups is 1. The van der Waals surface area contributed by atoms with Crippen LogP contribution in [0.4, 0.5) is 0 Å². The van der Waals surface area contributed by atoms with E-state index in [1.54, 1.807) is 18.2 Å². The van der Waals surface area contributed by atoms with Gasteiger partial charge in [-0.15, -0.1) is 11.8 Å². The summed E-state index contributed by atoms with van der Waals surface area (Å²) >= 11 is 13.2. The summed E-state index contributed by atoms with van der Waals surface area (Å²) in [7, 11) is 0. The Morgan fingerprint density at radius 1 is 1.39 bits per heavy atom. The fourth-order valence-electron chi connectivity index (χ4n) is 1.67. The first-order valence-electron chi connectivity index (χ1n) is 5.08. The van der Waals surface area contributed by atoms with Gasteiger partial charge >= 0.3 is 5.97 Å². The maximum Gasteiger partial charge on any atom is 0.327 e. The van der Waals surface area contributed by atoms with E-state index in [0.29, 0.717) is 11.6 Å². The van der Waals surface area contributed by atoms with E-state index in [9.17, 15) is 9.59 Å². The molecule has 0 aliphatic carbocycles. The lowest BCUT2D eigenvalue weighted by atomic mass is 10.1. The summed E-state index contributed by atoms with van der Waals surface area (Å²) in [5.41, 5.74) is 0.234. The molecule has 1 heterocycles. The van der Waals surface area contributed by atoms with Crippen molar-refractivity contribution in [2.45, 2.75) is 6.04 Å². The third-order valence-corrected chi connectivity index (χ3v) is 4.44. The second-order valence-electron chi connectivity index (χ2n) is 3.73. The zero-order chi connectivity index (χ0) is 13.3. The number of rotatable bonds is 2. The molecular formula is C11H9Cl2NO3S. The molecule has 96 valence electrons. The molecule has 0 saturated carbocycles. The lowest BCUT2D eigenvalue weighted by Crippen LogP contribution is -2.41. The van der Waals surface area contributed by atoms with Gasteiger partial charge in [0.15, 0.2) is 0 Å². The lowest BCUT2D eigenvalue weighted by molar-refractivity contribution is -0.140. The number of aliphatic carboxylic acids is 1. The van der Waals surface area contributed by atoms with E-state index in [0.717, 1.165) is 0 Å². The summed E-state index contributed by atoms with van der Waals surface area (Å²) in [6.07, 6.45) is 0. The Morgan fingerprint density at radius 2 is 2.11 bits per heavy atom. The quantitative estimate of drug-likeness (QED) is 0.912. The van der Waals surface area contributed by atoms with Gasteiger partial charge in [-0.25, -0.2) is 4.79 Å². The highest BCUT2D eigenvalue weighted by molar-refractivity contribution is 7.99. The number of hydrogen-bond donors (Lipinski definition) is 1. The second-order valence-corrected chi connectivity index (χ2v) is 5.52. The third kappa shape index (κ3) is 2.43. The summed E-state index contributed by atoms with van der Waals surface area (Å²) in [6, 6.07) is 3.92. The van der Waals surface area contributed by atoms with Crippen LogP contribution in [0.15, 0.2) is 18.2 Å². The second kappa shape index (κ2) is 5.38. The van der Waals surface area contributed by atoms with E-state index in [1.807, 2.05) is 0 Å². The van der Waals surface area contributed by atoms with E-state index < -0.39 is 17.9 Å². The molecular weight excluding hydrogens is 297 g/mol. The fraction of sp³-hybridized carbons (Fsp3) is 0.273.